The number of aromatic amines is 1. The fraction of sp³-hybridized carbons (Fsp3) is 0.500. The van der Waals surface area contributed by atoms with Gasteiger partial charge in [0.25, 0.3) is 14.2 Å². The summed E-state index contributed by atoms with van der Waals surface area (Å²) in [6, 6.07) is 24.7. The Hall–Kier alpha value is -4.70. The minimum Gasteiger partial charge on any atom is -0.485 e. The van der Waals surface area contributed by atoms with Crippen LogP contribution in [0.25, 0.3) is 10.9 Å². The quantitative estimate of drug-likeness (QED) is 0.0635. The molecule has 7 rings (SSSR count). The van der Waals surface area contributed by atoms with Gasteiger partial charge < -0.3 is 38.3 Å². The van der Waals surface area contributed by atoms with E-state index in [1.165, 1.54) is 17.5 Å². The van der Waals surface area contributed by atoms with Gasteiger partial charge >= 0.3 is 5.97 Å². The molecular weight excluding hydrogens is 827 g/mol. The molecule has 0 aliphatic carbocycles. The van der Waals surface area contributed by atoms with E-state index >= 15 is 0 Å². The van der Waals surface area contributed by atoms with Crippen LogP contribution < -0.4 is 25.2 Å². The van der Waals surface area contributed by atoms with Gasteiger partial charge in [-0.05, 0) is 91.3 Å². The van der Waals surface area contributed by atoms with Gasteiger partial charge in [-0.15, -0.1) is 0 Å². The van der Waals surface area contributed by atoms with Crippen molar-refractivity contribution >= 4 is 55.7 Å². The molecular formula is C50H67N3O8Si2. The van der Waals surface area contributed by atoms with Crippen LogP contribution in [0.15, 0.2) is 90.6 Å². The SMILES string of the molecule is COC(=O)[C@@]1(Cc2c[nH]c3c4c(ccc23)OC(C)(C)C(O[Si](C)(C)C(C)(C)C)CO4)NC(=O)[C@]2(CC=C(C)CO[Si](c3ccccc3)(c3ccccc3)C(C)(C)C)CCCN2C1=O. The predicted octanol–water partition coefficient (Wildman–Crippen LogP) is 7.97. The van der Waals surface area contributed by atoms with E-state index < -0.39 is 45.2 Å². The van der Waals surface area contributed by atoms with Crippen LogP contribution in [0.1, 0.15) is 87.1 Å². The third kappa shape index (κ3) is 8.08. The van der Waals surface area contributed by atoms with E-state index in [0.29, 0.717) is 48.6 Å². The first-order chi connectivity index (χ1) is 29.5. The van der Waals surface area contributed by atoms with E-state index in [2.05, 4.69) is 113 Å². The van der Waals surface area contributed by atoms with Crippen molar-refractivity contribution in [1.82, 2.24) is 15.2 Å². The predicted molar refractivity (Wildman–Crippen MR) is 253 cm³/mol. The van der Waals surface area contributed by atoms with Crippen molar-refractivity contribution in [3.63, 3.8) is 0 Å². The number of aromatic nitrogens is 1. The second kappa shape index (κ2) is 16.7. The lowest BCUT2D eigenvalue weighted by Crippen LogP contribution is -2.77. The highest BCUT2D eigenvalue weighted by atomic mass is 28.4. The maximum atomic E-state index is 14.9. The third-order valence-electron chi connectivity index (χ3n) is 14.2. The molecule has 11 nitrogen and oxygen atoms in total. The van der Waals surface area contributed by atoms with Crippen molar-refractivity contribution in [2.75, 3.05) is 26.9 Å². The molecule has 3 aliphatic heterocycles. The fourth-order valence-electron chi connectivity index (χ4n) is 9.48. The Labute approximate surface area is 375 Å². The topological polar surface area (TPSA) is 128 Å². The fourth-order valence-corrected chi connectivity index (χ4v) is 15.5. The average Bonchev–Trinajstić information content (AvgIpc) is 3.83. The number of ether oxygens (including phenoxy) is 3. The Morgan fingerprint density at radius 2 is 1.57 bits per heavy atom. The van der Waals surface area contributed by atoms with Crippen LogP contribution in [-0.2, 0) is 34.4 Å². The second-order valence-electron chi connectivity index (χ2n) is 20.8. The average molecular weight is 894 g/mol. The number of amides is 2. The van der Waals surface area contributed by atoms with Gasteiger partial charge in [-0.1, -0.05) is 114 Å². The summed E-state index contributed by atoms with van der Waals surface area (Å²) in [4.78, 5) is 48.5. The standard InChI is InChI=1S/C50H67N3O8Si2/c1-34(32-59-63(47(5,6)7,36-20-15-13-16-21-36)37-22-17-14-18-23-37)26-28-49-27-19-29-53(49)44(55)50(45(56)57-10,52-43(49)54)30-35-31-51-41-38(35)24-25-39-42(41)58-33-40(48(8,9)60-39)61-62(11,12)46(2,3)4/h13-18,20-26,31,40,51H,19,27-30,32-33H2,1-12H3,(H,52,54)/t40?,49-,50+/m1/s1. The number of rotatable bonds is 12. The largest absolute Gasteiger partial charge is 0.485 e. The molecule has 2 saturated heterocycles. The van der Waals surface area contributed by atoms with Gasteiger partial charge in [0.05, 0.1) is 19.2 Å². The second-order valence-corrected chi connectivity index (χ2v) is 29.9. The van der Waals surface area contributed by atoms with Crippen LogP contribution in [-0.4, -0.2) is 94.0 Å². The number of hydrogen-bond donors (Lipinski definition) is 2. The molecule has 338 valence electrons. The number of esters is 1. The Morgan fingerprint density at radius 3 is 2.16 bits per heavy atom. The molecule has 2 amide bonds. The first-order valence-electron chi connectivity index (χ1n) is 22.3. The maximum Gasteiger partial charge on any atom is 0.341 e. The maximum absolute atomic E-state index is 14.9. The molecule has 1 unspecified atom stereocenters. The van der Waals surface area contributed by atoms with E-state index in [1.807, 2.05) is 51.1 Å². The highest BCUT2D eigenvalue weighted by Gasteiger charge is 2.64. The van der Waals surface area contributed by atoms with Crippen LogP contribution in [0.4, 0.5) is 0 Å². The number of fused-ring (bicyclic) bond motifs is 4. The summed E-state index contributed by atoms with van der Waals surface area (Å²) < 4.78 is 32.5. The Kier molecular flexibility index (Phi) is 12.3. The number of nitrogens with zero attached hydrogens (tertiary/aromatic N) is 1. The highest BCUT2D eigenvalue weighted by molar-refractivity contribution is 6.99. The van der Waals surface area contributed by atoms with Crippen molar-refractivity contribution in [1.29, 1.82) is 0 Å². The number of piperazine rings is 1. The molecule has 2 N–H and O–H groups in total. The lowest BCUT2D eigenvalue weighted by atomic mass is 9.80. The van der Waals surface area contributed by atoms with E-state index in [-0.39, 0.29) is 41.5 Å². The zero-order valence-electron chi connectivity index (χ0n) is 39.3. The molecule has 0 bridgehead atoms. The molecule has 2 fully saturated rings. The highest BCUT2D eigenvalue weighted by Crippen LogP contribution is 2.46. The van der Waals surface area contributed by atoms with Crippen LogP contribution in [0.2, 0.25) is 23.2 Å². The van der Waals surface area contributed by atoms with E-state index in [0.717, 1.165) is 11.0 Å². The van der Waals surface area contributed by atoms with Gasteiger partial charge in [0.2, 0.25) is 11.4 Å². The third-order valence-corrected chi connectivity index (χ3v) is 23.7. The number of nitrogens with one attached hydrogen (secondary N) is 2. The lowest BCUT2D eigenvalue weighted by molar-refractivity contribution is -0.171. The van der Waals surface area contributed by atoms with Crippen molar-refractivity contribution < 1.29 is 37.4 Å². The van der Waals surface area contributed by atoms with Gasteiger partial charge in [0.1, 0.15) is 23.9 Å². The summed E-state index contributed by atoms with van der Waals surface area (Å²) in [5.74, 6) is -0.574. The van der Waals surface area contributed by atoms with E-state index in [1.54, 1.807) is 11.1 Å². The molecule has 1 aromatic heterocycles. The Morgan fingerprint density at radius 1 is 0.937 bits per heavy atom. The number of carbonyl (C=O) groups excluding carboxylic acids is 3. The molecule has 3 aliphatic rings. The summed E-state index contributed by atoms with van der Waals surface area (Å²) in [6.07, 6.45) is 4.71. The van der Waals surface area contributed by atoms with Gasteiger partial charge in [0.15, 0.2) is 19.8 Å². The molecule has 4 heterocycles. The van der Waals surface area contributed by atoms with Crippen molar-refractivity contribution in [2.24, 2.45) is 0 Å². The smallest absolute Gasteiger partial charge is 0.341 e. The van der Waals surface area contributed by atoms with Crippen LogP contribution in [0, 0.1) is 0 Å². The van der Waals surface area contributed by atoms with E-state index in [9.17, 15) is 14.4 Å². The van der Waals surface area contributed by atoms with E-state index in [4.69, 9.17) is 23.1 Å². The molecule has 3 atom stereocenters. The van der Waals surface area contributed by atoms with Gasteiger partial charge in [0, 0.05) is 24.5 Å². The van der Waals surface area contributed by atoms with Gasteiger partial charge in [-0.3, -0.25) is 9.59 Å². The summed E-state index contributed by atoms with van der Waals surface area (Å²) in [5, 5.41) is 5.87. The molecule has 63 heavy (non-hydrogen) atoms. The minimum absolute atomic E-state index is 0.00259. The van der Waals surface area contributed by atoms with Crippen LogP contribution in [0.3, 0.4) is 0 Å². The number of H-pyrrole nitrogens is 1. The Balaban J connectivity index is 1.15. The van der Waals surface area contributed by atoms with Crippen molar-refractivity contribution in [3.8, 4) is 11.5 Å². The summed E-state index contributed by atoms with van der Waals surface area (Å²) in [7, 11) is -3.74. The first-order valence-corrected chi connectivity index (χ1v) is 27.1. The normalized spacial score (nSPS) is 23.0. The lowest BCUT2D eigenvalue weighted by Gasteiger charge is -2.48. The number of methoxy groups -OCH3 is 1. The Bertz CT molecular complexity index is 2340. The molecule has 0 radical (unpaired) electrons. The molecule has 4 aromatic rings. The van der Waals surface area contributed by atoms with Gasteiger partial charge in [-0.2, -0.15) is 0 Å². The zero-order chi connectivity index (χ0) is 45.8. The van der Waals surface area contributed by atoms with Gasteiger partial charge in [-0.25, -0.2) is 4.79 Å². The zero-order valence-corrected chi connectivity index (χ0v) is 41.3. The molecule has 0 spiro atoms. The number of benzene rings is 3. The molecule has 13 heteroatoms. The van der Waals surface area contributed by atoms with Crippen molar-refractivity contribution in [3.05, 3.63) is 96.2 Å². The summed E-state index contributed by atoms with van der Waals surface area (Å²) in [5.41, 5.74) is -1.56. The van der Waals surface area contributed by atoms with Crippen LogP contribution in [0.5, 0.6) is 11.5 Å². The monoisotopic (exact) mass is 893 g/mol. The molecule has 3 aromatic carbocycles. The van der Waals surface area contributed by atoms with Crippen LogP contribution >= 0.6 is 0 Å². The van der Waals surface area contributed by atoms with Crippen molar-refractivity contribution in [2.45, 2.75) is 134 Å². The molecule has 0 saturated carbocycles. The first kappa shape index (κ1) is 46.3. The number of hydrogen-bond acceptors (Lipinski definition) is 8. The summed E-state index contributed by atoms with van der Waals surface area (Å²) >= 11 is 0. The number of carbonyl (C=O) groups is 3. The summed E-state index contributed by atoms with van der Waals surface area (Å²) in [6.45, 7) is 24.8. The minimum atomic E-state index is -2.81.